The lowest BCUT2D eigenvalue weighted by molar-refractivity contribution is 0.0722. The van der Waals surface area contributed by atoms with Gasteiger partial charge in [0.1, 0.15) is 0 Å². The van der Waals surface area contributed by atoms with Crippen LogP contribution in [0.4, 0.5) is 0 Å². The van der Waals surface area contributed by atoms with Crippen LogP contribution < -0.4 is 4.72 Å². The van der Waals surface area contributed by atoms with Crippen LogP contribution in [0.5, 0.6) is 0 Å². The van der Waals surface area contributed by atoms with Crippen molar-refractivity contribution in [2.45, 2.75) is 11.1 Å². The van der Waals surface area contributed by atoms with Crippen molar-refractivity contribution in [2.75, 3.05) is 0 Å². The Morgan fingerprint density at radius 3 is 3.00 bits per heavy atom. The highest BCUT2D eigenvalue weighted by Gasteiger charge is 2.24. The maximum atomic E-state index is 11.3. The molecule has 12 heavy (non-hydrogen) atoms. The number of ketones is 1. The first kappa shape index (κ1) is 7.79. The first-order valence-corrected chi connectivity index (χ1v) is 4.34. The van der Waals surface area contributed by atoms with Crippen LogP contribution in [-0.2, 0) is 0 Å². The smallest absolute Gasteiger partial charge is 0.208 e. The van der Waals surface area contributed by atoms with Gasteiger partial charge in [-0.15, -0.1) is 0 Å². The van der Waals surface area contributed by atoms with Crippen LogP contribution in [0.2, 0.25) is 0 Å². The molecule has 0 amide bonds. The Morgan fingerprint density at radius 1 is 1.42 bits per heavy atom. The van der Waals surface area contributed by atoms with Crippen LogP contribution in [0.3, 0.4) is 0 Å². The number of carbonyl (C=O) groups is 1. The van der Waals surface area contributed by atoms with E-state index in [0.29, 0.717) is 5.56 Å². The van der Waals surface area contributed by atoms with Gasteiger partial charge in [0, 0.05) is 10.5 Å². The summed E-state index contributed by atoms with van der Waals surface area (Å²) in [6.45, 7) is 0. The van der Waals surface area contributed by atoms with E-state index in [1.165, 1.54) is 11.9 Å². The van der Waals surface area contributed by atoms with E-state index < -0.39 is 6.23 Å². The molecule has 0 radical (unpaired) electrons. The molecular formula is C8H7NO2S. The second-order valence-corrected chi connectivity index (χ2v) is 3.36. The molecule has 0 bridgehead atoms. The molecule has 1 aromatic rings. The van der Waals surface area contributed by atoms with E-state index in [4.69, 9.17) is 5.11 Å². The highest BCUT2D eigenvalue weighted by Crippen LogP contribution is 2.25. The van der Waals surface area contributed by atoms with Crippen LogP contribution in [0.25, 0.3) is 0 Å². The Morgan fingerprint density at radius 2 is 2.17 bits per heavy atom. The van der Waals surface area contributed by atoms with Crippen molar-refractivity contribution in [3.05, 3.63) is 29.8 Å². The van der Waals surface area contributed by atoms with Crippen LogP contribution >= 0.6 is 11.9 Å². The van der Waals surface area contributed by atoms with Crippen molar-refractivity contribution in [2.24, 2.45) is 0 Å². The van der Waals surface area contributed by atoms with Gasteiger partial charge in [0.25, 0.3) is 0 Å². The molecule has 2 N–H and O–H groups in total. The maximum Gasteiger partial charge on any atom is 0.208 e. The van der Waals surface area contributed by atoms with Gasteiger partial charge in [-0.1, -0.05) is 18.2 Å². The third-order valence-corrected chi connectivity index (χ3v) is 2.60. The zero-order valence-corrected chi connectivity index (χ0v) is 6.97. The van der Waals surface area contributed by atoms with Gasteiger partial charge >= 0.3 is 0 Å². The van der Waals surface area contributed by atoms with Crippen molar-refractivity contribution in [1.29, 1.82) is 0 Å². The molecule has 4 heteroatoms. The van der Waals surface area contributed by atoms with Crippen molar-refractivity contribution in [3.63, 3.8) is 0 Å². The second kappa shape index (κ2) is 2.90. The van der Waals surface area contributed by atoms with E-state index >= 15 is 0 Å². The first-order valence-electron chi connectivity index (χ1n) is 3.53. The number of nitrogens with one attached hydrogen (secondary N) is 1. The minimum atomic E-state index is -1.06. The Bertz CT molecular complexity index is 327. The molecule has 1 atom stereocenters. The zero-order chi connectivity index (χ0) is 8.55. The number of aliphatic hydroxyl groups is 1. The monoisotopic (exact) mass is 181 g/mol. The number of hydrogen-bond acceptors (Lipinski definition) is 4. The average molecular weight is 181 g/mol. The number of carbonyl (C=O) groups excluding carboxylic acids is 1. The predicted molar refractivity (Wildman–Crippen MR) is 45.8 cm³/mol. The summed E-state index contributed by atoms with van der Waals surface area (Å²) in [4.78, 5) is 12.2. The number of aliphatic hydroxyl groups excluding tert-OH is 1. The van der Waals surface area contributed by atoms with Crippen LogP contribution in [0.1, 0.15) is 10.4 Å². The molecular weight excluding hydrogens is 174 g/mol. The van der Waals surface area contributed by atoms with Gasteiger partial charge in [-0.2, -0.15) is 0 Å². The van der Waals surface area contributed by atoms with E-state index in [0.717, 1.165) is 4.90 Å². The van der Waals surface area contributed by atoms with E-state index in [-0.39, 0.29) is 5.78 Å². The molecule has 2 rings (SSSR count). The van der Waals surface area contributed by atoms with Gasteiger partial charge in [0.15, 0.2) is 6.23 Å². The maximum absolute atomic E-state index is 11.3. The minimum absolute atomic E-state index is 0.260. The quantitative estimate of drug-likeness (QED) is 0.581. The van der Waals surface area contributed by atoms with Crippen LogP contribution in [0, 0.1) is 0 Å². The van der Waals surface area contributed by atoms with Crippen molar-refractivity contribution >= 4 is 17.7 Å². The molecule has 0 saturated heterocycles. The largest absolute Gasteiger partial charge is 0.370 e. The fraction of sp³-hybridized carbons (Fsp3) is 0.125. The second-order valence-electron chi connectivity index (χ2n) is 2.48. The lowest BCUT2D eigenvalue weighted by Gasteiger charge is -2.18. The average Bonchev–Trinajstić information content (AvgIpc) is 2.12. The molecule has 0 spiro atoms. The number of fused-ring (bicyclic) bond motifs is 1. The predicted octanol–water partition coefficient (Wildman–Crippen LogP) is 0.798. The lowest BCUT2D eigenvalue weighted by atomic mass is 10.1. The summed E-state index contributed by atoms with van der Waals surface area (Å²) >= 11 is 1.28. The van der Waals surface area contributed by atoms with E-state index in [1.54, 1.807) is 12.1 Å². The summed E-state index contributed by atoms with van der Waals surface area (Å²) in [5.41, 5.74) is 0.591. The highest BCUT2D eigenvalue weighted by molar-refractivity contribution is 7.97. The molecule has 1 heterocycles. The molecule has 1 unspecified atom stereocenters. The van der Waals surface area contributed by atoms with E-state index in [9.17, 15) is 4.79 Å². The summed E-state index contributed by atoms with van der Waals surface area (Å²) in [7, 11) is 0. The number of Topliss-reactive ketones (excluding diaryl/α,β-unsaturated/α-hetero) is 1. The molecule has 0 aromatic heterocycles. The van der Waals surface area contributed by atoms with E-state index in [1.807, 2.05) is 12.1 Å². The van der Waals surface area contributed by atoms with Crippen molar-refractivity contribution < 1.29 is 9.90 Å². The number of rotatable bonds is 0. The lowest BCUT2D eigenvalue weighted by Crippen LogP contribution is -2.35. The summed E-state index contributed by atoms with van der Waals surface area (Å²) in [6.07, 6.45) is -1.06. The van der Waals surface area contributed by atoms with Crippen LogP contribution in [-0.4, -0.2) is 17.1 Å². The molecule has 3 nitrogen and oxygen atoms in total. The van der Waals surface area contributed by atoms with Gasteiger partial charge < -0.3 is 5.11 Å². The number of benzene rings is 1. The van der Waals surface area contributed by atoms with Crippen molar-refractivity contribution in [3.8, 4) is 0 Å². The summed E-state index contributed by atoms with van der Waals surface area (Å²) in [6, 6.07) is 7.21. The summed E-state index contributed by atoms with van der Waals surface area (Å²) in [5, 5.41) is 9.14. The molecule has 0 aliphatic carbocycles. The Hall–Kier alpha value is -0.840. The molecule has 0 fully saturated rings. The summed E-state index contributed by atoms with van der Waals surface area (Å²) in [5.74, 6) is -0.260. The molecule has 1 aromatic carbocycles. The Balaban J connectivity index is 2.49. The topological polar surface area (TPSA) is 49.3 Å². The van der Waals surface area contributed by atoms with Gasteiger partial charge in [-0.25, -0.2) is 4.72 Å². The third-order valence-electron chi connectivity index (χ3n) is 1.68. The van der Waals surface area contributed by atoms with Gasteiger partial charge in [0.2, 0.25) is 5.78 Å². The van der Waals surface area contributed by atoms with Gasteiger partial charge in [-0.05, 0) is 18.0 Å². The standard InChI is InChI=1S/C8H7NO2S/c10-7-5-3-1-2-4-6(5)12-9-8(7)11/h1-4,8-9,11H. The van der Waals surface area contributed by atoms with E-state index in [2.05, 4.69) is 4.72 Å². The Kier molecular flexibility index (Phi) is 1.88. The fourth-order valence-electron chi connectivity index (χ4n) is 1.08. The molecule has 0 saturated carbocycles. The SMILES string of the molecule is O=C1c2ccccc2SNC1O. The number of hydrogen-bond donors (Lipinski definition) is 2. The Labute approximate surface area is 73.9 Å². The highest BCUT2D eigenvalue weighted by atomic mass is 32.2. The molecule has 1 aliphatic rings. The minimum Gasteiger partial charge on any atom is -0.370 e. The third kappa shape index (κ3) is 1.14. The fourth-order valence-corrected chi connectivity index (χ4v) is 1.85. The summed E-state index contributed by atoms with van der Waals surface area (Å²) < 4.78 is 2.61. The van der Waals surface area contributed by atoms with Gasteiger partial charge in [0.05, 0.1) is 0 Å². The van der Waals surface area contributed by atoms with Crippen LogP contribution in [0.15, 0.2) is 29.2 Å². The normalized spacial score (nSPS) is 22.1. The van der Waals surface area contributed by atoms with Crippen molar-refractivity contribution in [1.82, 2.24) is 4.72 Å². The van der Waals surface area contributed by atoms with Gasteiger partial charge in [-0.3, -0.25) is 4.79 Å². The molecule has 62 valence electrons. The molecule has 1 aliphatic heterocycles. The first-order chi connectivity index (χ1) is 5.79. The zero-order valence-electron chi connectivity index (χ0n) is 6.15.